The fourth-order valence-corrected chi connectivity index (χ4v) is 3.78. The van der Waals surface area contributed by atoms with Crippen LogP contribution in [0.5, 0.6) is 0 Å². The van der Waals surface area contributed by atoms with Crippen LogP contribution in [0, 0.1) is 17.8 Å². The van der Waals surface area contributed by atoms with Crippen LogP contribution >= 0.6 is 0 Å². The van der Waals surface area contributed by atoms with E-state index in [1.54, 1.807) is 34.6 Å². The zero-order valence-electron chi connectivity index (χ0n) is 23.0. The van der Waals surface area contributed by atoms with Crippen molar-refractivity contribution in [3.05, 3.63) is 35.4 Å². The van der Waals surface area contributed by atoms with Gasteiger partial charge in [-0.25, -0.2) is 4.79 Å². The number of carbonyl (C=O) groups excluding carboxylic acids is 3. The number of hydrogen-bond donors (Lipinski definition) is 3. The highest BCUT2D eigenvalue weighted by Gasteiger charge is 2.41. The van der Waals surface area contributed by atoms with E-state index in [1.165, 1.54) is 4.90 Å². The van der Waals surface area contributed by atoms with E-state index in [4.69, 9.17) is 16.9 Å². The van der Waals surface area contributed by atoms with Crippen LogP contribution in [-0.2, 0) is 20.7 Å². The van der Waals surface area contributed by atoms with E-state index in [1.807, 2.05) is 45.0 Å². The topological polar surface area (TPSA) is 122 Å². The van der Waals surface area contributed by atoms with Gasteiger partial charge in [0.2, 0.25) is 11.8 Å². The quantitative estimate of drug-likeness (QED) is 0.534. The molecule has 0 radical (unpaired) electrons. The smallest absolute Gasteiger partial charge is 0.408 e. The number of terminal acetylenes is 1. The Balaban J connectivity index is 0.000000420. The summed E-state index contributed by atoms with van der Waals surface area (Å²) in [6, 6.07) is 6.28. The Labute approximate surface area is 216 Å². The summed E-state index contributed by atoms with van der Waals surface area (Å²) < 4.78 is 5.24. The van der Waals surface area contributed by atoms with Crippen LogP contribution in [0.4, 0.5) is 4.79 Å². The van der Waals surface area contributed by atoms with Gasteiger partial charge in [0.05, 0.1) is 5.60 Å². The number of nitrogens with one attached hydrogen (secondary N) is 1. The van der Waals surface area contributed by atoms with Gasteiger partial charge >= 0.3 is 6.09 Å². The zero-order valence-corrected chi connectivity index (χ0v) is 23.0. The second kappa shape index (κ2) is 12.3. The summed E-state index contributed by atoms with van der Waals surface area (Å²) in [5.74, 6) is 1.74. The minimum atomic E-state index is -0.794. The molecule has 2 rings (SSSR count). The molecular formula is C28H43N3O5. The molecule has 8 heteroatoms. The van der Waals surface area contributed by atoms with Gasteiger partial charge in [0.15, 0.2) is 0 Å². The van der Waals surface area contributed by atoms with Crippen LogP contribution in [0.2, 0.25) is 0 Å². The first-order valence-electron chi connectivity index (χ1n) is 12.2. The maximum absolute atomic E-state index is 12.9. The van der Waals surface area contributed by atoms with E-state index >= 15 is 0 Å². The molecule has 1 fully saturated rings. The molecule has 36 heavy (non-hydrogen) atoms. The first kappa shape index (κ1) is 31.0. The lowest BCUT2D eigenvalue weighted by molar-refractivity contribution is -0.141. The van der Waals surface area contributed by atoms with Crippen LogP contribution < -0.4 is 11.1 Å². The zero-order chi connectivity index (χ0) is 27.9. The van der Waals surface area contributed by atoms with Gasteiger partial charge in [-0.1, -0.05) is 38.8 Å². The van der Waals surface area contributed by atoms with Crippen LogP contribution in [0.3, 0.4) is 0 Å². The number of hydrogen-bond acceptors (Lipinski definition) is 5. The van der Waals surface area contributed by atoms with Gasteiger partial charge in [-0.3, -0.25) is 9.59 Å². The van der Waals surface area contributed by atoms with Gasteiger partial charge in [-0.2, -0.15) is 0 Å². The number of carbonyl (C=O) groups is 3. The Hall–Kier alpha value is -3.05. The number of benzene rings is 1. The molecule has 2 unspecified atom stereocenters. The minimum Gasteiger partial charge on any atom is -0.444 e. The number of ether oxygens (including phenoxy) is 1. The van der Waals surface area contributed by atoms with Gasteiger partial charge in [-0.05, 0) is 70.6 Å². The first-order chi connectivity index (χ1) is 16.3. The highest BCUT2D eigenvalue weighted by molar-refractivity contribution is 5.91. The Bertz CT molecular complexity index is 944. The molecule has 1 aromatic rings. The van der Waals surface area contributed by atoms with E-state index in [9.17, 15) is 19.5 Å². The van der Waals surface area contributed by atoms with Crippen molar-refractivity contribution in [2.24, 2.45) is 11.1 Å². The van der Waals surface area contributed by atoms with Gasteiger partial charge in [0.1, 0.15) is 17.7 Å². The lowest BCUT2D eigenvalue weighted by Gasteiger charge is -2.35. The first-order valence-corrected chi connectivity index (χ1v) is 12.2. The molecule has 1 aromatic carbocycles. The van der Waals surface area contributed by atoms with Crippen molar-refractivity contribution in [1.82, 2.24) is 10.2 Å². The Morgan fingerprint density at radius 2 is 1.69 bits per heavy atom. The van der Waals surface area contributed by atoms with E-state index in [0.29, 0.717) is 19.4 Å². The molecule has 1 aliphatic rings. The Morgan fingerprint density at radius 3 is 2.11 bits per heavy atom. The predicted octanol–water partition coefficient (Wildman–Crippen LogP) is 3.38. The molecule has 0 aliphatic carbocycles. The number of nitrogens with zero attached hydrogens (tertiary/aromatic N) is 1. The Kier molecular flexibility index (Phi) is 10.6. The molecule has 0 aromatic heterocycles. The monoisotopic (exact) mass is 501 g/mol. The highest BCUT2D eigenvalue weighted by Crippen LogP contribution is 2.26. The average molecular weight is 502 g/mol. The van der Waals surface area contributed by atoms with Gasteiger partial charge in [0, 0.05) is 18.5 Å². The number of primary amides is 1. The standard InChI is InChI=1S/C16H29N3O4.C12H14O/c1-15(2,3)11(18-14(22)23-16(4,5)6)13(21)19-9-7-8-10(19)12(17)20;1-4-10-5-7-11(8-6-10)9-12(2,3)13/h10-11H,7-9H2,1-6H3,(H2,17,20)(H,18,22);1,5-8,13H,9H2,2-3H3. The third kappa shape index (κ3) is 10.7. The summed E-state index contributed by atoms with van der Waals surface area (Å²) in [6.07, 6.45) is 6.51. The fourth-order valence-electron chi connectivity index (χ4n) is 3.78. The lowest BCUT2D eigenvalue weighted by atomic mass is 9.85. The van der Waals surface area contributed by atoms with Crippen LogP contribution in [-0.4, -0.2) is 57.7 Å². The molecule has 1 saturated heterocycles. The molecule has 0 saturated carbocycles. The predicted molar refractivity (Wildman–Crippen MR) is 141 cm³/mol. The van der Waals surface area contributed by atoms with Crippen LogP contribution in [0.15, 0.2) is 24.3 Å². The van der Waals surface area contributed by atoms with Crippen LogP contribution in [0.1, 0.15) is 79.4 Å². The average Bonchev–Trinajstić information content (AvgIpc) is 3.20. The number of amides is 3. The number of alkyl carbamates (subject to hydrolysis) is 1. The van der Waals surface area contributed by atoms with Crippen molar-refractivity contribution in [3.8, 4) is 12.3 Å². The second-order valence-electron chi connectivity index (χ2n) is 11.9. The van der Waals surface area contributed by atoms with E-state index in [-0.39, 0.29) is 5.91 Å². The number of nitrogens with two attached hydrogens (primary N) is 1. The maximum Gasteiger partial charge on any atom is 0.408 e. The Morgan fingerprint density at radius 1 is 1.14 bits per heavy atom. The highest BCUT2D eigenvalue weighted by atomic mass is 16.6. The number of rotatable bonds is 5. The normalized spacial score (nSPS) is 16.8. The summed E-state index contributed by atoms with van der Waals surface area (Å²) in [4.78, 5) is 37.9. The van der Waals surface area contributed by atoms with Crippen molar-refractivity contribution in [1.29, 1.82) is 0 Å². The maximum atomic E-state index is 12.9. The van der Waals surface area contributed by atoms with Crippen molar-refractivity contribution < 1.29 is 24.2 Å². The van der Waals surface area contributed by atoms with E-state index in [2.05, 4.69) is 11.2 Å². The largest absolute Gasteiger partial charge is 0.444 e. The molecule has 3 amide bonds. The summed E-state index contributed by atoms with van der Waals surface area (Å²) >= 11 is 0. The lowest BCUT2D eigenvalue weighted by Crippen LogP contribution is -2.57. The summed E-state index contributed by atoms with van der Waals surface area (Å²) in [7, 11) is 0. The second-order valence-corrected chi connectivity index (χ2v) is 11.9. The number of likely N-dealkylation sites (tertiary alicyclic amines) is 1. The molecule has 2 atom stereocenters. The molecule has 1 heterocycles. The molecule has 0 bridgehead atoms. The summed E-state index contributed by atoms with van der Waals surface area (Å²) in [5.41, 5.74) is 5.51. The molecule has 0 spiro atoms. The third-order valence-corrected chi connectivity index (χ3v) is 5.40. The molecule has 4 N–H and O–H groups in total. The van der Waals surface area contributed by atoms with Crippen molar-refractivity contribution in [2.45, 2.75) is 97.9 Å². The summed E-state index contributed by atoms with van der Waals surface area (Å²) in [5, 5.41) is 12.2. The summed E-state index contributed by atoms with van der Waals surface area (Å²) in [6.45, 7) is 14.9. The minimum absolute atomic E-state index is 0.301. The van der Waals surface area contributed by atoms with Crippen molar-refractivity contribution in [2.75, 3.05) is 6.54 Å². The van der Waals surface area contributed by atoms with Crippen molar-refractivity contribution >= 4 is 17.9 Å². The molecular weight excluding hydrogens is 458 g/mol. The van der Waals surface area contributed by atoms with E-state index in [0.717, 1.165) is 17.5 Å². The SMILES string of the molecule is C#Cc1ccc(CC(C)(C)O)cc1.CC(C)(C)OC(=O)NC(C(=O)N1CCCC1C(N)=O)C(C)(C)C. The molecule has 200 valence electrons. The number of aliphatic hydroxyl groups is 1. The van der Waals surface area contributed by atoms with Crippen molar-refractivity contribution in [3.63, 3.8) is 0 Å². The van der Waals surface area contributed by atoms with E-state index < -0.39 is 40.7 Å². The van der Waals surface area contributed by atoms with Gasteiger partial charge < -0.3 is 25.8 Å². The fraction of sp³-hybridized carbons (Fsp3) is 0.607. The van der Waals surface area contributed by atoms with Crippen LogP contribution in [0.25, 0.3) is 0 Å². The molecule has 8 nitrogen and oxygen atoms in total. The third-order valence-electron chi connectivity index (χ3n) is 5.40. The van der Waals surface area contributed by atoms with Gasteiger partial charge in [-0.15, -0.1) is 6.42 Å². The van der Waals surface area contributed by atoms with Gasteiger partial charge in [0.25, 0.3) is 0 Å². The molecule has 1 aliphatic heterocycles.